The highest BCUT2D eigenvalue weighted by atomic mass is 16.4. The van der Waals surface area contributed by atoms with Crippen LogP contribution in [0.3, 0.4) is 0 Å². The van der Waals surface area contributed by atoms with Crippen molar-refractivity contribution in [3.8, 4) is 0 Å². The quantitative estimate of drug-likeness (QED) is 0.637. The summed E-state index contributed by atoms with van der Waals surface area (Å²) < 4.78 is 0. The number of hydrogen-bond acceptors (Lipinski definition) is 2. The number of nitrogens with one attached hydrogen (secondary N) is 2. The van der Waals surface area contributed by atoms with Gasteiger partial charge in [-0.05, 0) is 31.6 Å². The second-order valence-corrected chi connectivity index (χ2v) is 4.65. The fraction of sp³-hybridized carbons (Fsp3) is 0.667. The Morgan fingerprint density at radius 1 is 1.53 bits per heavy atom. The largest absolute Gasteiger partial charge is 0.480 e. The van der Waals surface area contributed by atoms with Gasteiger partial charge in [0.1, 0.15) is 6.04 Å². The summed E-state index contributed by atoms with van der Waals surface area (Å²) in [5.41, 5.74) is 0. The van der Waals surface area contributed by atoms with Gasteiger partial charge in [-0.1, -0.05) is 13.0 Å². The maximum Gasteiger partial charge on any atom is 0.326 e. The Morgan fingerprint density at radius 2 is 2.24 bits per heavy atom. The summed E-state index contributed by atoms with van der Waals surface area (Å²) in [4.78, 5) is 22.4. The lowest BCUT2D eigenvalue weighted by Gasteiger charge is -2.17. The average Bonchev–Trinajstić information content (AvgIpc) is 2.63. The van der Waals surface area contributed by atoms with E-state index in [1.54, 1.807) is 0 Å². The molecule has 1 fully saturated rings. The molecule has 1 rings (SSSR count). The van der Waals surface area contributed by atoms with Crippen molar-refractivity contribution in [1.82, 2.24) is 10.6 Å². The van der Waals surface area contributed by atoms with Gasteiger partial charge in [0.2, 0.25) is 0 Å². The molecule has 5 nitrogen and oxygen atoms in total. The first-order chi connectivity index (χ1) is 8.02. The molecule has 17 heavy (non-hydrogen) atoms. The molecule has 3 atom stereocenters. The zero-order valence-electron chi connectivity index (χ0n) is 10.1. The van der Waals surface area contributed by atoms with E-state index in [9.17, 15) is 9.59 Å². The van der Waals surface area contributed by atoms with Crippen molar-refractivity contribution in [2.45, 2.75) is 44.7 Å². The highest BCUT2D eigenvalue weighted by molar-refractivity contribution is 5.82. The van der Waals surface area contributed by atoms with Gasteiger partial charge < -0.3 is 15.7 Å². The Balaban J connectivity index is 2.36. The molecule has 5 heteroatoms. The number of carbonyl (C=O) groups is 2. The van der Waals surface area contributed by atoms with E-state index in [0.717, 1.165) is 19.3 Å². The van der Waals surface area contributed by atoms with E-state index in [1.165, 1.54) is 6.08 Å². The average molecular weight is 240 g/mol. The van der Waals surface area contributed by atoms with Crippen LogP contribution < -0.4 is 10.6 Å². The van der Waals surface area contributed by atoms with Crippen LogP contribution in [-0.4, -0.2) is 29.2 Å². The zero-order chi connectivity index (χ0) is 12.8. The van der Waals surface area contributed by atoms with E-state index < -0.39 is 18.0 Å². The van der Waals surface area contributed by atoms with Crippen molar-refractivity contribution < 1.29 is 14.7 Å². The molecule has 0 spiro atoms. The molecule has 3 N–H and O–H groups in total. The lowest BCUT2D eigenvalue weighted by molar-refractivity contribution is -0.139. The van der Waals surface area contributed by atoms with Gasteiger partial charge in [0, 0.05) is 6.04 Å². The first-order valence-corrected chi connectivity index (χ1v) is 5.93. The topological polar surface area (TPSA) is 78.4 Å². The zero-order valence-corrected chi connectivity index (χ0v) is 10.1. The summed E-state index contributed by atoms with van der Waals surface area (Å²) in [7, 11) is 0. The molecular formula is C12H20N2O3. The van der Waals surface area contributed by atoms with E-state index in [1.807, 2.05) is 0 Å². The molecule has 0 heterocycles. The van der Waals surface area contributed by atoms with E-state index in [-0.39, 0.29) is 12.5 Å². The fourth-order valence-corrected chi connectivity index (χ4v) is 2.11. The number of urea groups is 1. The van der Waals surface area contributed by atoms with Crippen LogP contribution >= 0.6 is 0 Å². The molecule has 1 saturated carbocycles. The predicted octanol–water partition coefficient (Wildman–Crippen LogP) is 1.50. The number of carbonyl (C=O) groups excluding carboxylic acids is 1. The summed E-state index contributed by atoms with van der Waals surface area (Å²) in [6, 6.07) is -1.13. The molecule has 0 bridgehead atoms. The second-order valence-electron chi connectivity index (χ2n) is 4.65. The third-order valence-corrected chi connectivity index (χ3v) is 3.04. The lowest BCUT2D eigenvalue weighted by atomic mass is 10.1. The Kier molecular flexibility index (Phi) is 5.00. The van der Waals surface area contributed by atoms with Crippen molar-refractivity contribution in [2.24, 2.45) is 5.92 Å². The molecule has 0 aliphatic heterocycles. The fourth-order valence-electron chi connectivity index (χ4n) is 2.11. The highest BCUT2D eigenvalue weighted by Crippen LogP contribution is 2.24. The summed E-state index contributed by atoms with van der Waals surface area (Å²) >= 11 is 0. The van der Waals surface area contributed by atoms with Gasteiger partial charge in [0.25, 0.3) is 0 Å². The number of hydrogen-bond donors (Lipinski definition) is 3. The minimum Gasteiger partial charge on any atom is -0.480 e. The molecule has 0 aromatic carbocycles. The van der Waals surface area contributed by atoms with Gasteiger partial charge >= 0.3 is 12.0 Å². The standard InChI is InChI=1S/C12H20N2O3/c1-3-4-10(11(15)16)14-12(17)13-9-6-5-8(2)7-9/h3,8-10H,1,4-7H2,2H3,(H,15,16)(H2,13,14,17). The normalized spacial score (nSPS) is 25.0. The predicted molar refractivity (Wildman–Crippen MR) is 64.7 cm³/mol. The third-order valence-electron chi connectivity index (χ3n) is 3.04. The summed E-state index contributed by atoms with van der Waals surface area (Å²) in [5.74, 6) is -0.413. The molecule has 0 saturated heterocycles. The smallest absolute Gasteiger partial charge is 0.326 e. The number of carboxylic acid groups (broad SMARTS) is 1. The summed E-state index contributed by atoms with van der Waals surface area (Å²) in [6.45, 7) is 5.62. The monoisotopic (exact) mass is 240 g/mol. The Bertz CT molecular complexity index is 304. The number of aliphatic carboxylic acids is 1. The van der Waals surface area contributed by atoms with Crippen molar-refractivity contribution in [3.63, 3.8) is 0 Å². The van der Waals surface area contributed by atoms with Gasteiger partial charge in [-0.2, -0.15) is 0 Å². The summed E-state index contributed by atoms with van der Waals surface area (Å²) in [5, 5.41) is 14.1. The molecule has 0 radical (unpaired) electrons. The van der Waals surface area contributed by atoms with Gasteiger partial charge in [-0.25, -0.2) is 9.59 Å². The number of carboxylic acids is 1. The first-order valence-electron chi connectivity index (χ1n) is 5.93. The molecule has 1 aliphatic carbocycles. The number of amides is 2. The highest BCUT2D eigenvalue weighted by Gasteiger charge is 2.24. The van der Waals surface area contributed by atoms with Crippen LogP contribution in [-0.2, 0) is 4.79 Å². The van der Waals surface area contributed by atoms with Crippen LogP contribution in [0.15, 0.2) is 12.7 Å². The minimum absolute atomic E-state index is 0.170. The maximum atomic E-state index is 11.6. The van der Waals surface area contributed by atoms with Crippen LogP contribution in [0.5, 0.6) is 0 Å². The van der Waals surface area contributed by atoms with Crippen LogP contribution in [0, 0.1) is 5.92 Å². The van der Waals surface area contributed by atoms with Crippen LogP contribution in [0.2, 0.25) is 0 Å². The lowest BCUT2D eigenvalue weighted by Crippen LogP contribution is -2.48. The first kappa shape index (κ1) is 13.5. The Morgan fingerprint density at radius 3 is 2.71 bits per heavy atom. The molecular weight excluding hydrogens is 220 g/mol. The Labute approximate surface area is 101 Å². The van der Waals surface area contributed by atoms with E-state index in [4.69, 9.17) is 5.11 Å². The van der Waals surface area contributed by atoms with E-state index in [2.05, 4.69) is 24.1 Å². The van der Waals surface area contributed by atoms with Crippen molar-refractivity contribution in [2.75, 3.05) is 0 Å². The molecule has 3 unspecified atom stereocenters. The molecule has 1 aliphatic rings. The van der Waals surface area contributed by atoms with Crippen molar-refractivity contribution in [1.29, 1.82) is 0 Å². The molecule has 96 valence electrons. The van der Waals surface area contributed by atoms with Gasteiger partial charge in [0.05, 0.1) is 0 Å². The number of rotatable bonds is 5. The molecule has 0 aromatic heterocycles. The van der Waals surface area contributed by atoms with Gasteiger partial charge in [0.15, 0.2) is 0 Å². The minimum atomic E-state index is -1.04. The van der Waals surface area contributed by atoms with Crippen LogP contribution in [0.1, 0.15) is 32.6 Å². The van der Waals surface area contributed by atoms with Gasteiger partial charge in [-0.15, -0.1) is 6.58 Å². The molecule has 0 aromatic rings. The maximum absolute atomic E-state index is 11.6. The van der Waals surface area contributed by atoms with Crippen molar-refractivity contribution in [3.05, 3.63) is 12.7 Å². The third kappa shape index (κ3) is 4.46. The molecule has 2 amide bonds. The van der Waals surface area contributed by atoms with Crippen molar-refractivity contribution >= 4 is 12.0 Å². The van der Waals surface area contributed by atoms with Crippen LogP contribution in [0.25, 0.3) is 0 Å². The van der Waals surface area contributed by atoms with Gasteiger partial charge in [-0.3, -0.25) is 0 Å². The SMILES string of the molecule is C=CCC(NC(=O)NC1CCC(C)C1)C(=O)O. The van der Waals surface area contributed by atoms with E-state index >= 15 is 0 Å². The van der Waals surface area contributed by atoms with E-state index in [0.29, 0.717) is 5.92 Å². The van der Waals surface area contributed by atoms with Crippen LogP contribution in [0.4, 0.5) is 4.79 Å². The summed E-state index contributed by atoms with van der Waals surface area (Å²) in [6.07, 6.45) is 4.75. The second kappa shape index (κ2) is 6.27. The Hall–Kier alpha value is -1.52.